The maximum Gasteiger partial charge on any atom is 0.181 e. The minimum atomic E-state index is 0.477. The first-order chi connectivity index (χ1) is 7.79. The van der Waals surface area contributed by atoms with Gasteiger partial charge in [0.15, 0.2) is 12.2 Å². The molecule has 0 amide bonds. The number of hydrogen-bond acceptors (Lipinski definition) is 3. The molecule has 1 N–H and O–H groups in total. The maximum absolute atomic E-state index is 5.28. The Morgan fingerprint density at radius 3 is 3.00 bits per heavy atom. The Labute approximate surface area is 95.5 Å². The normalized spacial score (nSPS) is 12.6. The zero-order valence-electron chi connectivity index (χ0n) is 9.60. The predicted molar refractivity (Wildman–Crippen MR) is 64.2 cm³/mol. The minimum absolute atomic E-state index is 0.477. The first-order valence-electron chi connectivity index (χ1n) is 5.44. The summed E-state index contributed by atoms with van der Waals surface area (Å²) in [6.45, 7) is 2.17. The summed E-state index contributed by atoms with van der Waals surface area (Å²) < 4.78 is 5.28. The Kier molecular flexibility index (Phi) is 3.37. The van der Waals surface area contributed by atoms with Crippen LogP contribution in [-0.2, 0) is 6.42 Å². The van der Waals surface area contributed by atoms with Gasteiger partial charge in [0.05, 0.1) is 6.20 Å². The van der Waals surface area contributed by atoms with E-state index in [1.807, 2.05) is 13.1 Å². The number of oxazole rings is 1. The van der Waals surface area contributed by atoms with E-state index in [0.717, 1.165) is 17.7 Å². The number of nitrogens with zero attached hydrogens (tertiary/aromatic N) is 1. The number of nitrogens with one attached hydrogen (secondary N) is 1. The minimum Gasteiger partial charge on any atom is -0.444 e. The van der Waals surface area contributed by atoms with Crippen molar-refractivity contribution >= 4 is 0 Å². The average molecular weight is 216 g/mol. The van der Waals surface area contributed by atoms with Crippen LogP contribution in [0.25, 0.3) is 11.3 Å². The molecule has 1 heterocycles. The Morgan fingerprint density at radius 1 is 1.44 bits per heavy atom. The van der Waals surface area contributed by atoms with Crippen LogP contribution in [0.5, 0.6) is 0 Å². The Hall–Kier alpha value is -1.61. The van der Waals surface area contributed by atoms with Crippen molar-refractivity contribution in [2.45, 2.75) is 19.4 Å². The number of rotatable bonds is 4. The van der Waals surface area contributed by atoms with Crippen molar-refractivity contribution in [2.24, 2.45) is 0 Å². The van der Waals surface area contributed by atoms with E-state index in [2.05, 4.69) is 35.4 Å². The topological polar surface area (TPSA) is 38.1 Å². The highest BCUT2D eigenvalue weighted by Gasteiger charge is 2.04. The van der Waals surface area contributed by atoms with Gasteiger partial charge in [-0.05, 0) is 32.0 Å². The standard InChI is InChI=1S/C13H16N2O/c1-10(14-2)6-11-4-3-5-12(7-11)13-8-15-9-16-13/h3-5,7-10,14H,6H2,1-2H3. The van der Waals surface area contributed by atoms with Crippen molar-refractivity contribution < 1.29 is 4.42 Å². The first-order valence-corrected chi connectivity index (χ1v) is 5.44. The largest absolute Gasteiger partial charge is 0.444 e. The van der Waals surface area contributed by atoms with Crippen molar-refractivity contribution in [1.29, 1.82) is 0 Å². The molecule has 1 unspecified atom stereocenters. The number of benzene rings is 1. The third-order valence-electron chi connectivity index (χ3n) is 2.68. The molecule has 1 atom stereocenters. The van der Waals surface area contributed by atoms with E-state index in [9.17, 15) is 0 Å². The van der Waals surface area contributed by atoms with Crippen LogP contribution < -0.4 is 5.32 Å². The molecule has 0 saturated carbocycles. The molecule has 84 valence electrons. The third-order valence-corrected chi connectivity index (χ3v) is 2.68. The Morgan fingerprint density at radius 2 is 2.31 bits per heavy atom. The van der Waals surface area contributed by atoms with Crippen LogP contribution in [-0.4, -0.2) is 18.1 Å². The Balaban J connectivity index is 2.20. The molecule has 1 aromatic carbocycles. The first kappa shape index (κ1) is 10.9. The molecule has 0 aliphatic heterocycles. The molecular formula is C13H16N2O. The summed E-state index contributed by atoms with van der Waals surface area (Å²) in [6, 6.07) is 8.84. The van der Waals surface area contributed by atoms with Crippen LogP contribution in [0, 0.1) is 0 Å². The molecule has 0 aliphatic rings. The lowest BCUT2D eigenvalue weighted by Gasteiger charge is -2.10. The summed E-state index contributed by atoms with van der Waals surface area (Å²) in [7, 11) is 1.98. The van der Waals surface area contributed by atoms with E-state index in [4.69, 9.17) is 4.42 Å². The van der Waals surface area contributed by atoms with E-state index in [-0.39, 0.29) is 0 Å². The van der Waals surface area contributed by atoms with Crippen molar-refractivity contribution in [2.75, 3.05) is 7.05 Å². The fourth-order valence-electron chi connectivity index (χ4n) is 1.67. The second-order valence-corrected chi connectivity index (χ2v) is 3.96. The van der Waals surface area contributed by atoms with Gasteiger partial charge >= 0.3 is 0 Å². The molecule has 2 aromatic rings. The van der Waals surface area contributed by atoms with Gasteiger partial charge in [-0.15, -0.1) is 0 Å². The molecule has 3 nitrogen and oxygen atoms in total. The van der Waals surface area contributed by atoms with E-state index in [1.165, 1.54) is 12.0 Å². The molecule has 16 heavy (non-hydrogen) atoms. The molecule has 0 spiro atoms. The van der Waals surface area contributed by atoms with Crippen LogP contribution in [0.3, 0.4) is 0 Å². The summed E-state index contributed by atoms with van der Waals surface area (Å²) in [5, 5.41) is 3.23. The van der Waals surface area contributed by atoms with Gasteiger partial charge in [-0.25, -0.2) is 4.98 Å². The lowest BCUT2D eigenvalue weighted by molar-refractivity contribution is 0.571. The molecule has 2 rings (SSSR count). The van der Waals surface area contributed by atoms with Gasteiger partial charge in [-0.3, -0.25) is 0 Å². The van der Waals surface area contributed by atoms with Crippen molar-refractivity contribution in [1.82, 2.24) is 10.3 Å². The summed E-state index contributed by atoms with van der Waals surface area (Å²) in [4.78, 5) is 3.93. The van der Waals surface area contributed by atoms with Gasteiger partial charge in [0, 0.05) is 11.6 Å². The van der Waals surface area contributed by atoms with Crippen LogP contribution in [0.15, 0.2) is 41.3 Å². The smallest absolute Gasteiger partial charge is 0.181 e. The number of hydrogen-bond donors (Lipinski definition) is 1. The van der Waals surface area contributed by atoms with Gasteiger partial charge in [0.1, 0.15) is 0 Å². The fourth-order valence-corrected chi connectivity index (χ4v) is 1.67. The molecule has 0 radical (unpaired) electrons. The fraction of sp³-hybridized carbons (Fsp3) is 0.308. The number of likely N-dealkylation sites (N-methyl/N-ethyl adjacent to an activating group) is 1. The van der Waals surface area contributed by atoms with E-state index in [1.54, 1.807) is 6.20 Å². The van der Waals surface area contributed by atoms with Gasteiger partial charge in [-0.1, -0.05) is 18.2 Å². The van der Waals surface area contributed by atoms with Gasteiger partial charge < -0.3 is 9.73 Å². The molecular weight excluding hydrogens is 200 g/mol. The van der Waals surface area contributed by atoms with Crippen LogP contribution in [0.2, 0.25) is 0 Å². The van der Waals surface area contributed by atoms with E-state index < -0.39 is 0 Å². The average Bonchev–Trinajstić information content (AvgIpc) is 2.83. The molecule has 0 saturated heterocycles. The lowest BCUT2D eigenvalue weighted by atomic mass is 10.0. The summed E-state index contributed by atoms with van der Waals surface area (Å²) in [6.07, 6.45) is 4.21. The van der Waals surface area contributed by atoms with Crippen LogP contribution in [0.4, 0.5) is 0 Å². The maximum atomic E-state index is 5.28. The SMILES string of the molecule is CNC(C)Cc1cccc(-c2cnco2)c1. The monoisotopic (exact) mass is 216 g/mol. The second kappa shape index (κ2) is 4.94. The molecule has 1 aromatic heterocycles. The van der Waals surface area contributed by atoms with E-state index in [0.29, 0.717) is 6.04 Å². The third kappa shape index (κ3) is 2.49. The number of aromatic nitrogens is 1. The van der Waals surface area contributed by atoms with Crippen molar-refractivity contribution in [3.8, 4) is 11.3 Å². The Bertz CT molecular complexity index is 437. The molecule has 0 bridgehead atoms. The van der Waals surface area contributed by atoms with E-state index >= 15 is 0 Å². The quantitative estimate of drug-likeness (QED) is 0.853. The van der Waals surface area contributed by atoms with Gasteiger partial charge in [0.25, 0.3) is 0 Å². The molecule has 3 heteroatoms. The second-order valence-electron chi connectivity index (χ2n) is 3.96. The van der Waals surface area contributed by atoms with Crippen LogP contribution in [0.1, 0.15) is 12.5 Å². The molecule has 0 fully saturated rings. The summed E-state index contributed by atoms with van der Waals surface area (Å²) in [5.41, 5.74) is 2.38. The highest BCUT2D eigenvalue weighted by Crippen LogP contribution is 2.20. The zero-order chi connectivity index (χ0) is 11.4. The highest BCUT2D eigenvalue weighted by molar-refractivity contribution is 5.57. The summed E-state index contributed by atoms with van der Waals surface area (Å²) in [5.74, 6) is 0.818. The van der Waals surface area contributed by atoms with Crippen LogP contribution >= 0.6 is 0 Å². The van der Waals surface area contributed by atoms with Gasteiger partial charge in [-0.2, -0.15) is 0 Å². The highest BCUT2D eigenvalue weighted by atomic mass is 16.3. The zero-order valence-corrected chi connectivity index (χ0v) is 9.60. The predicted octanol–water partition coefficient (Wildman–Crippen LogP) is 2.49. The lowest BCUT2D eigenvalue weighted by Crippen LogP contribution is -2.23. The summed E-state index contributed by atoms with van der Waals surface area (Å²) >= 11 is 0. The van der Waals surface area contributed by atoms with Gasteiger partial charge in [0.2, 0.25) is 0 Å². The van der Waals surface area contributed by atoms with Crippen molar-refractivity contribution in [3.05, 3.63) is 42.4 Å². The van der Waals surface area contributed by atoms with Crippen molar-refractivity contribution in [3.63, 3.8) is 0 Å². The molecule has 0 aliphatic carbocycles.